The molecule has 0 saturated carbocycles. The average molecular weight is 747 g/mol. The zero-order chi connectivity index (χ0) is 38.9. The number of hydrogen-bond donors (Lipinski definition) is 2. The van der Waals surface area contributed by atoms with E-state index in [-0.39, 0.29) is 12.0 Å². The van der Waals surface area contributed by atoms with E-state index in [1.165, 1.54) is 0 Å². The molecule has 8 atom stereocenters. The lowest BCUT2D eigenvalue weighted by atomic mass is 9.85. The lowest BCUT2D eigenvalue weighted by molar-refractivity contribution is -0.107. The Balaban J connectivity index is 1.17. The Morgan fingerprint density at radius 3 is 1.46 bits per heavy atom. The van der Waals surface area contributed by atoms with E-state index in [4.69, 9.17) is 47.4 Å². The van der Waals surface area contributed by atoms with Gasteiger partial charge in [-0.1, -0.05) is 25.1 Å². The molecule has 2 N–H and O–H groups in total. The highest BCUT2D eigenvalue weighted by Gasteiger charge is 2.78. The van der Waals surface area contributed by atoms with Crippen LogP contribution < -0.4 is 37.9 Å². The third-order valence-electron chi connectivity index (χ3n) is 10.7. The predicted molar refractivity (Wildman–Crippen MR) is 199 cm³/mol. The van der Waals surface area contributed by atoms with Gasteiger partial charge in [-0.05, 0) is 92.1 Å². The topological polar surface area (TPSA) is 136 Å². The number of methoxy groups -OCH3 is 6. The summed E-state index contributed by atoms with van der Waals surface area (Å²) in [7, 11) is 9.36. The molecule has 0 bridgehead atoms. The molecule has 0 aromatic heterocycles. The number of benzene rings is 4. The van der Waals surface area contributed by atoms with Crippen molar-refractivity contribution < 1.29 is 57.6 Å². The van der Waals surface area contributed by atoms with Gasteiger partial charge in [0.05, 0.1) is 48.8 Å². The Morgan fingerprint density at radius 2 is 0.981 bits per heavy atom. The highest BCUT2D eigenvalue weighted by Crippen LogP contribution is 2.70. The molecule has 0 spiro atoms. The number of ether oxygens (including phenoxy) is 10. The highest BCUT2D eigenvalue weighted by molar-refractivity contribution is 5.50. The minimum Gasteiger partial charge on any atom is -0.493 e. The number of epoxide rings is 1. The lowest BCUT2D eigenvalue weighted by Gasteiger charge is -2.25. The first-order chi connectivity index (χ1) is 25.9. The molecule has 2 saturated heterocycles. The van der Waals surface area contributed by atoms with Crippen LogP contribution in [0.4, 0.5) is 0 Å². The van der Waals surface area contributed by atoms with Crippen molar-refractivity contribution in [2.24, 2.45) is 5.92 Å². The maximum absolute atomic E-state index is 11.1. The van der Waals surface area contributed by atoms with Crippen LogP contribution in [0.5, 0.6) is 46.0 Å². The molecule has 0 aliphatic carbocycles. The van der Waals surface area contributed by atoms with Gasteiger partial charge in [-0.25, -0.2) is 0 Å². The van der Waals surface area contributed by atoms with Gasteiger partial charge in [-0.2, -0.15) is 0 Å². The van der Waals surface area contributed by atoms with Crippen LogP contribution in [-0.4, -0.2) is 70.7 Å². The van der Waals surface area contributed by atoms with Crippen molar-refractivity contribution in [1.29, 1.82) is 0 Å². The van der Waals surface area contributed by atoms with Crippen LogP contribution in [0.3, 0.4) is 0 Å². The Kier molecular flexibility index (Phi) is 11.1. The number of aliphatic hydroxyl groups excluding tert-OH is 2. The van der Waals surface area contributed by atoms with E-state index in [0.29, 0.717) is 57.1 Å². The number of aliphatic hydroxyl groups is 2. The summed E-state index contributed by atoms with van der Waals surface area (Å²) in [5.74, 6) is 3.01. The predicted octanol–water partition coefficient (Wildman–Crippen LogP) is 7.09. The summed E-state index contributed by atoms with van der Waals surface area (Å²) in [4.78, 5) is 0. The zero-order valence-electron chi connectivity index (χ0n) is 32.4. The largest absolute Gasteiger partial charge is 0.493 e. The van der Waals surface area contributed by atoms with Crippen LogP contribution in [0.15, 0.2) is 72.8 Å². The van der Waals surface area contributed by atoms with Gasteiger partial charge in [0.2, 0.25) is 5.79 Å². The van der Waals surface area contributed by atoms with Crippen molar-refractivity contribution in [2.45, 2.75) is 69.6 Å². The summed E-state index contributed by atoms with van der Waals surface area (Å²) in [6, 6.07) is 21.7. The summed E-state index contributed by atoms with van der Waals surface area (Å²) in [6.07, 6.45) is -3.49. The fourth-order valence-corrected chi connectivity index (χ4v) is 7.22. The molecule has 2 aliphatic rings. The second kappa shape index (κ2) is 15.5. The van der Waals surface area contributed by atoms with Crippen LogP contribution in [0.25, 0.3) is 0 Å². The molecule has 2 heterocycles. The first-order valence-electron chi connectivity index (χ1n) is 17.8. The van der Waals surface area contributed by atoms with Gasteiger partial charge in [0.15, 0.2) is 46.0 Å². The molecule has 4 aromatic rings. The smallest absolute Gasteiger partial charge is 0.226 e. The Bertz CT molecular complexity index is 1950. The van der Waals surface area contributed by atoms with Gasteiger partial charge in [-0.15, -0.1) is 0 Å². The summed E-state index contributed by atoms with van der Waals surface area (Å²) in [5, 5.41) is 22.3. The van der Waals surface area contributed by atoms with E-state index in [9.17, 15) is 10.2 Å². The first-order valence-corrected chi connectivity index (χ1v) is 17.8. The summed E-state index contributed by atoms with van der Waals surface area (Å²) < 4.78 is 58.6. The molecule has 0 unspecified atom stereocenters. The number of rotatable bonds is 16. The quantitative estimate of drug-likeness (QED) is 0.113. The fourth-order valence-electron chi connectivity index (χ4n) is 7.22. The molecule has 0 amide bonds. The van der Waals surface area contributed by atoms with Crippen molar-refractivity contribution in [1.82, 2.24) is 0 Å². The first kappa shape index (κ1) is 38.8. The molecule has 4 aromatic carbocycles. The molecular formula is C42H50O12. The second-order valence-corrected chi connectivity index (χ2v) is 13.7. The average Bonchev–Trinajstić information content (AvgIpc) is 3.76. The normalized spacial score (nSPS) is 23.6. The third-order valence-corrected chi connectivity index (χ3v) is 10.7. The summed E-state index contributed by atoms with van der Waals surface area (Å²) in [6.45, 7) is 7.72. The van der Waals surface area contributed by atoms with Gasteiger partial charge in [-0.3, -0.25) is 0 Å². The molecular weight excluding hydrogens is 696 g/mol. The van der Waals surface area contributed by atoms with Crippen LogP contribution in [0.1, 0.15) is 68.3 Å². The van der Waals surface area contributed by atoms with E-state index in [0.717, 1.165) is 11.1 Å². The monoisotopic (exact) mass is 746 g/mol. The molecule has 290 valence electrons. The maximum atomic E-state index is 11.1. The molecule has 54 heavy (non-hydrogen) atoms. The van der Waals surface area contributed by atoms with Gasteiger partial charge in [0.1, 0.15) is 30.0 Å². The lowest BCUT2D eigenvalue weighted by Crippen LogP contribution is -2.23. The molecule has 0 radical (unpaired) electrons. The molecule has 2 aliphatic heterocycles. The van der Waals surface area contributed by atoms with Gasteiger partial charge in [0.25, 0.3) is 0 Å². The second-order valence-electron chi connectivity index (χ2n) is 13.7. The van der Waals surface area contributed by atoms with E-state index >= 15 is 0 Å². The molecule has 12 nitrogen and oxygen atoms in total. The van der Waals surface area contributed by atoms with E-state index < -0.39 is 35.8 Å². The third kappa shape index (κ3) is 6.83. The maximum Gasteiger partial charge on any atom is 0.226 e. The van der Waals surface area contributed by atoms with E-state index in [1.54, 1.807) is 99.0 Å². The minimum absolute atomic E-state index is 0.0432. The van der Waals surface area contributed by atoms with Crippen LogP contribution in [0, 0.1) is 5.92 Å². The molecule has 6 rings (SSSR count). The van der Waals surface area contributed by atoms with Gasteiger partial charge >= 0.3 is 0 Å². The fraction of sp³-hybridized carbons (Fsp3) is 0.429. The van der Waals surface area contributed by atoms with E-state index in [1.807, 2.05) is 37.3 Å². The number of hydrogen-bond acceptors (Lipinski definition) is 12. The standard InChI is InChI=1S/C42H50O12/c1-23-40(28-13-17-32(36(21-28)49-9)51-24(2)38(43)26-11-15-30(45-5)34(19-26)47-7)53-42(41(23,4)54-42)29-14-18-33(37(22-29)50-10)52-25(3)39(44)27-12-16-31(46-6)35(20-27)48-8/h11-25,38-40,43-44H,1-10H3/t23-,24+,25+,38-,39-,40-,41-,42-/m0/s1. The molecule has 12 heteroatoms. The van der Waals surface area contributed by atoms with E-state index in [2.05, 4.69) is 6.92 Å². The van der Waals surface area contributed by atoms with Crippen molar-refractivity contribution in [3.05, 3.63) is 95.1 Å². The van der Waals surface area contributed by atoms with Crippen LogP contribution >= 0.6 is 0 Å². The van der Waals surface area contributed by atoms with Crippen molar-refractivity contribution in [3.8, 4) is 46.0 Å². The minimum atomic E-state index is -1.02. The summed E-state index contributed by atoms with van der Waals surface area (Å²) in [5.41, 5.74) is 2.29. The Morgan fingerprint density at radius 1 is 0.556 bits per heavy atom. The Labute approximate surface area is 316 Å². The highest BCUT2D eigenvalue weighted by atomic mass is 16.8. The van der Waals surface area contributed by atoms with Crippen molar-refractivity contribution >= 4 is 0 Å². The van der Waals surface area contributed by atoms with Gasteiger partial charge < -0.3 is 57.6 Å². The van der Waals surface area contributed by atoms with Crippen molar-refractivity contribution in [2.75, 3.05) is 42.7 Å². The number of fused-ring (bicyclic) bond motifs is 1. The Hall–Kier alpha value is -4.88. The van der Waals surface area contributed by atoms with Gasteiger partial charge in [0, 0.05) is 11.5 Å². The van der Waals surface area contributed by atoms with Crippen LogP contribution in [0.2, 0.25) is 0 Å². The van der Waals surface area contributed by atoms with Crippen LogP contribution in [-0.2, 0) is 15.3 Å². The zero-order valence-corrected chi connectivity index (χ0v) is 32.4. The van der Waals surface area contributed by atoms with Crippen molar-refractivity contribution in [3.63, 3.8) is 0 Å². The SMILES string of the molecule is COc1ccc([C@@H](O)[C@@H](C)Oc2ccc([C@H]3O[C@@]4(c5ccc(O[C@H](C)[C@H](O)c6ccc(OC)c(OC)c6)c(OC)c5)O[C@@]4(C)[C@H]3C)cc2OC)cc1OC. The molecule has 2 fully saturated rings. The summed E-state index contributed by atoms with van der Waals surface area (Å²) >= 11 is 0.